The average molecular weight is 375 g/mol. The fourth-order valence-corrected chi connectivity index (χ4v) is 2.32. The lowest BCUT2D eigenvalue weighted by Crippen LogP contribution is -2.45. The van der Waals surface area contributed by atoms with Gasteiger partial charge in [-0.15, -0.1) is 0 Å². The molecule has 5 nitrogen and oxygen atoms in total. The number of hydrogen-bond donors (Lipinski definition) is 2. The summed E-state index contributed by atoms with van der Waals surface area (Å²) in [5.41, 5.74) is 1.43. The van der Waals surface area contributed by atoms with E-state index < -0.39 is 6.04 Å². The van der Waals surface area contributed by atoms with Crippen molar-refractivity contribution in [1.29, 1.82) is 0 Å². The monoisotopic (exact) mass is 374 g/mol. The van der Waals surface area contributed by atoms with Crippen LogP contribution in [0.4, 0.5) is 0 Å². The third kappa shape index (κ3) is 6.08. The molecule has 2 rings (SSSR count). The van der Waals surface area contributed by atoms with E-state index in [9.17, 15) is 9.59 Å². The zero-order valence-corrected chi connectivity index (χ0v) is 15.7. The van der Waals surface area contributed by atoms with Crippen molar-refractivity contribution in [1.82, 2.24) is 10.6 Å². The molecule has 138 valence electrons. The minimum absolute atomic E-state index is 0.187. The Labute approximate surface area is 158 Å². The summed E-state index contributed by atoms with van der Waals surface area (Å²) in [6.45, 7) is 4.62. The van der Waals surface area contributed by atoms with Crippen LogP contribution in [-0.2, 0) is 11.4 Å². The summed E-state index contributed by atoms with van der Waals surface area (Å²) >= 11 is 5.84. The molecule has 2 aromatic rings. The first kappa shape index (κ1) is 19.8. The van der Waals surface area contributed by atoms with Gasteiger partial charge in [0.1, 0.15) is 18.4 Å². The van der Waals surface area contributed by atoms with Gasteiger partial charge in [0.25, 0.3) is 5.91 Å². The molecular formula is C20H23ClN2O3. The molecule has 2 N–H and O–H groups in total. The molecule has 0 aromatic heterocycles. The number of halogens is 1. The van der Waals surface area contributed by atoms with Crippen molar-refractivity contribution in [3.63, 3.8) is 0 Å². The van der Waals surface area contributed by atoms with Gasteiger partial charge in [0.2, 0.25) is 5.91 Å². The lowest BCUT2D eigenvalue weighted by molar-refractivity contribution is -0.122. The molecule has 0 saturated heterocycles. The number of ether oxygens (including phenoxy) is 1. The number of carbonyl (C=O) groups is 2. The maximum atomic E-state index is 12.2. The second-order valence-corrected chi connectivity index (χ2v) is 6.36. The molecule has 2 amide bonds. The van der Waals surface area contributed by atoms with Gasteiger partial charge in [-0.1, -0.05) is 30.7 Å². The predicted octanol–water partition coefficient (Wildman–Crippen LogP) is 3.56. The third-order valence-electron chi connectivity index (χ3n) is 3.73. The van der Waals surface area contributed by atoms with Crippen molar-refractivity contribution in [2.75, 3.05) is 6.54 Å². The van der Waals surface area contributed by atoms with Crippen LogP contribution >= 0.6 is 11.6 Å². The van der Waals surface area contributed by atoms with Gasteiger partial charge in [-0.3, -0.25) is 9.59 Å². The van der Waals surface area contributed by atoms with Crippen LogP contribution in [0.5, 0.6) is 5.75 Å². The summed E-state index contributed by atoms with van der Waals surface area (Å²) in [7, 11) is 0. The van der Waals surface area contributed by atoms with Crippen LogP contribution in [0.25, 0.3) is 0 Å². The Bertz CT molecular complexity index is 730. The summed E-state index contributed by atoms with van der Waals surface area (Å²) < 4.78 is 5.67. The molecule has 0 bridgehead atoms. The van der Waals surface area contributed by atoms with Gasteiger partial charge >= 0.3 is 0 Å². The number of amides is 2. The van der Waals surface area contributed by atoms with Crippen LogP contribution in [0, 0.1) is 0 Å². The van der Waals surface area contributed by atoms with Crippen molar-refractivity contribution in [2.45, 2.75) is 32.9 Å². The van der Waals surface area contributed by atoms with E-state index in [0.29, 0.717) is 23.7 Å². The number of benzene rings is 2. The highest BCUT2D eigenvalue weighted by Gasteiger charge is 2.15. The molecule has 0 aliphatic carbocycles. The molecule has 0 radical (unpaired) electrons. The lowest BCUT2D eigenvalue weighted by atomic mass is 10.1. The van der Waals surface area contributed by atoms with Crippen LogP contribution in [-0.4, -0.2) is 24.4 Å². The fourth-order valence-electron chi connectivity index (χ4n) is 2.20. The number of hydrogen-bond acceptors (Lipinski definition) is 3. The van der Waals surface area contributed by atoms with Crippen LogP contribution in [0.3, 0.4) is 0 Å². The Morgan fingerprint density at radius 2 is 1.73 bits per heavy atom. The Balaban J connectivity index is 1.86. The Hall–Kier alpha value is -2.53. The van der Waals surface area contributed by atoms with E-state index in [2.05, 4.69) is 10.6 Å². The molecule has 0 aliphatic heterocycles. The van der Waals surface area contributed by atoms with Gasteiger partial charge in [0, 0.05) is 17.1 Å². The number of rotatable bonds is 8. The summed E-state index contributed by atoms with van der Waals surface area (Å²) in [6, 6.07) is 13.6. The highest BCUT2D eigenvalue weighted by atomic mass is 35.5. The third-order valence-corrected chi connectivity index (χ3v) is 3.98. The quantitative estimate of drug-likeness (QED) is 0.742. The molecule has 0 unspecified atom stereocenters. The zero-order valence-electron chi connectivity index (χ0n) is 14.9. The highest BCUT2D eigenvalue weighted by Crippen LogP contribution is 2.17. The first-order valence-corrected chi connectivity index (χ1v) is 8.93. The fraction of sp³-hybridized carbons (Fsp3) is 0.300. The topological polar surface area (TPSA) is 67.4 Å². The molecular weight excluding hydrogens is 352 g/mol. The molecule has 26 heavy (non-hydrogen) atoms. The van der Waals surface area contributed by atoms with Crippen molar-refractivity contribution >= 4 is 23.4 Å². The lowest BCUT2D eigenvalue weighted by Gasteiger charge is -2.14. The molecule has 6 heteroatoms. The van der Waals surface area contributed by atoms with Gasteiger partial charge in [-0.2, -0.15) is 0 Å². The highest BCUT2D eigenvalue weighted by molar-refractivity contribution is 6.30. The van der Waals surface area contributed by atoms with Crippen molar-refractivity contribution < 1.29 is 14.3 Å². The van der Waals surface area contributed by atoms with Crippen LogP contribution in [0.15, 0.2) is 48.5 Å². The van der Waals surface area contributed by atoms with Gasteiger partial charge in [0.15, 0.2) is 0 Å². The molecule has 0 aliphatic rings. The van der Waals surface area contributed by atoms with Crippen LogP contribution in [0.1, 0.15) is 36.2 Å². The minimum atomic E-state index is -0.582. The predicted molar refractivity (Wildman–Crippen MR) is 102 cm³/mol. The van der Waals surface area contributed by atoms with Gasteiger partial charge < -0.3 is 15.4 Å². The van der Waals surface area contributed by atoms with E-state index in [-0.39, 0.29) is 11.8 Å². The SMILES string of the molecule is CCCNC(=O)[C@@H](C)NC(=O)c1ccc(COc2ccc(Cl)cc2)cc1. The van der Waals surface area contributed by atoms with Gasteiger partial charge in [-0.25, -0.2) is 0 Å². The van der Waals surface area contributed by atoms with Crippen molar-refractivity contribution in [3.8, 4) is 5.75 Å². The minimum Gasteiger partial charge on any atom is -0.489 e. The van der Waals surface area contributed by atoms with E-state index in [1.54, 1.807) is 43.3 Å². The second-order valence-electron chi connectivity index (χ2n) is 5.93. The van der Waals surface area contributed by atoms with Crippen LogP contribution < -0.4 is 15.4 Å². The van der Waals surface area contributed by atoms with Crippen molar-refractivity contribution in [2.24, 2.45) is 0 Å². The zero-order chi connectivity index (χ0) is 18.9. The summed E-state index contributed by atoms with van der Waals surface area (Å²) in [4.78, 5) is 24.0. The molecule has 2 aromatic carbocycles. The Morgan fingerprint density at radius 1 is 1.08 bits per heavy atom. The van der Waals surface area contributed by atoms with Crippen molar-refractivity contribution in [3.05, 3.63) is 64.7 Å². The first-order valence-electron chi connectivity index (χ1n) is 8.55. The molecule has 1 atom stereocenters. The van der Waals surface area contributed by atoms with Crippen LogP contribution in [0.2, 0.25) is 5.02 Å². The van der Waals surface area contributed by atoms with E-state index >= 15 is 0 Å². The normalized spacial score (nSPS) is 11.5. The average Bonchev–Trinajstić information content (AvgIpc) is 2.66. The molecule has 0 saturated carbocycles. The smallest absolute Gasteiger partial charge is 0.251 e. The van der Waals surface area contributed by atoms with E-state index in [4.69, 9.17) is 16.3 Å². The Kier molecular flexibility index (Phi) is 7.48. The summed E-state index contributed by atoms with van der Waals surface area (Å²) in [5, 5.41) is 6.11. The second kappa shape index (κ2) is 9.82. The maximum Gasteiger partial charge on any atom is 0.251 e. The van der Waals surface area contributed by atoms with Gasteiger partial charge in [-0.05, 0) is 55.3 Å². The largest absolute Gasteiger partial charge is 0.489 e. The van der Waals surface area contributed by atoms with E-state index in [1.165, 1.54) is 0 Å². The molecule has 0 fully saturated rings. The molecule has 0 heterocycles. The number of carbonyl (C=O) groups excluding carboxylic acids is 2. The first-order chi connectivity index (χ1) is 12.5. The standard InChI is InChI=1S/C20H23ClN2O3/c1-3-12-22-19(24)14(2)23-20(25)16-6-4-15(5-7-16)13-26-18-10-8-17(21)9-11-18/h4-11,14H,3,12-13H2,1-2H3,(H,22,24)(H,23,25)/t14-/m1/s1. The maximum absolute atomic E-state index is 12.2. The Morgan fingerprint density at radius 3 is 2.35 bits per heavy atom. The summed E-state index contributed by atoms with van der Waals surface area (Å²) in [5.74, 6) is 0.255. The van der Waals surface area contributed by atoms with Gasteiger partial charge in [0.05, 0.1) is 0 Å². The van der Waals surface area contributed by atoms with E-state index in [1.807, 2.05) is 19.1 Å². The summed E-state index contributed by atoms with van der Waals surface area (Å²) in [6.07, 6.45) is 0.853. The number of nitrogens with one attached hydrogen (secondary N) is 2. The molecule has 0 spiro atoms. The van der Waals surface area contributed by atoms with E-state index in [0.717, 1.165) is 17.7 Å².